The first-order valence-corrected chi connectivity index (χ1v) is 7.15. The van der Waals surface area contributed by atoms with E-state index in [1.807, 2.05) is 0 Å². The molecule has 6 heteroatoms. The van der Waals surface area contributed by atoms with Crippen LogP contribution >= 0.6 is 0 Å². The SMILES string of the molecule is CCCCC(COCCOC)OC.OCCOCCO. The van der Waals surface area contributed by atoms with E-state index in [9.17, 15) is 0 Å². The zero-order valence-corrected chi connectivity index (χ0v) is 13.2. The van der Waals surface area contributed by atoms with Crippen LogP contribution in [0.15, 0.2) is 0 Å². The Bertz CT molecular complexity index is 153. The Morgan fingerprint density at radius 3 is 2.00 bits per heavy atom. The van der Waals surface area contributed by atoms with Crippen molar-refractivity contribution in [1.82, 2.24) is 0 Å². The van der Waals surface area contributed by atoms with Crippen molar-refractivity contribution < 1.29 is 29.2 Å². The first-order valence-electron chi connectivity index (χ1n) is 7.15. The van der Waals surface area contributed by atoms with Crippen LogP contribution in [0.2, 0.25) is 0 Å². The Labute approximate surface area is 123 Å². The molecule has 6 nitrogen and oxygen atoms in total. The lowest BCUT2D eigenvalue weighted by Crippen LogP contribution is -2.19. The van der Waals surface area contributed by atoms with Crippen molar-refractivity contribution in [2.24, 2.45) is 0 Å². The Hall–Kier alpha value is -0.240. The summed E-state index contributed by atoms with van der Waals surface area (Å²) in [6.07, 6.45) is 3.74. The lowest BCUT2D eigenvalue weighted by molar-refractivity contribution is -0.0111. The predicted octanol–water partition coefficient (Wildman–Crippen LogP) is 0.842. The Morgan fingerprint density at radius 2 is 1.55 bits per heavy atom. The van der Waals surface area contributed by atoms with Gasteiger partial charge >= 0.3 is 0 Å². The molecule has 0 radical (unpaired) electrons. The van der Waals surface area contributed by atoms with Gasteiger partial charge in [0.1, 0.15) is 0 Å². The molecule has 0 saturated heterocycles. The number of hydrogen-bond donors (Lipinski definition) is 2. The van der Waals surface area contributed by atoms with Crippen molar-refractivity contribution in [2.75, 3.05) is 60.5 Å². The third-order valence-electron chi connectivity index (χ3n) is 2.42. The smallest absolute Gasteiger partial charge is 0.0804 e. The number of ether oxygens (including phenoxy) is 4. The van der Waals surface area contributed by atoms with Crippen LogP contribution in [0, 0.1) is 0 Å². The molecule has 0 aromatic heterocycles. The van der Waals surface area contributed by atoms with Crippen LogP contribution in [0.4, 0.5) is 0 Å². The van der Waals surface area contributed by atoms with Gasteiger partial charge in [0.05, 0.1) is 52.4 Å². The fourth-order valence-corrected chi connectivity index (χ4v) is 1.29. The Balaban J connectivity index is 0. The molecule has 1 atom stereocenters. The Kier molecular flexibility index (Phi) is 23.2. The fourth-order valence-electron chi connectivity index (χ4n) is 1.29. The lowest BCUT2D eigenvalue weighted by Gasteiger charge is -2.14. The Morgan fingerprint density at radius 1 is 0.900 bits per heavy atom. The third kappa shape index (κ3) is 20.1. The molecule has 124 valence electrons. The third-order valence-corrected chi connectivity index (χ3v) is 2.42. The summed E-state index contributed by atoms with van der Waals surface area (Å²) in [5.41, 5.74) is 0. The van der Waals surface area contributed by atoms with E-state index in [1.54, 1.807) is 14.2 Å². The highest BCUT2D eigenvalue weighted by Crippen LogP contribution is 2.04. The van der Waals surface area contributed by atoms with Crippen LogP contribution in [-0.2, 0) is 18.9 Å². The van der Waals surface area contributed by atoms with Gasteiger partial charge in [-0.25, -0.2) is 0 Å². The summed E-state index contributed by atoms with van der Waals surface area (Å²) in [4.78, 5) is 0. The number of aliphatic hydroxyl groups excluding tert-OH is 2. The fraction of sp³-hybridized carbons (Fsp3) is 1.00. The van der Waals surface area contributed by atoms with Gasteiger partial charge in [-0.2, -0.15) is 0 Å². The van der Waals surface area contributed by atoms with Crippen molar-refractivity contribution >= 4 is 0 Å². The molecular formula is C14H32O6. The van der Waals surface area contributed by atoms with E-state index in [1.165, 1.54) is 12.8 Å². The molecule has 0 fully saturated rings. The first kappa shape index (κ1) is 22.0. The van der Waals surface area contributed by atoms with Gasteiger partial charge in [0.15, 0.2) is 0 Å². The van der Waals surface area contributed by atoms with Crippen LogP contribution < -0.4 is 0 Å². The highest BCUT2D eigenvalue weighted by atomic mass is 16.5. The highest BCUT2D eigenvalue weighted by molar-refractivity contribution is 4.55. The summed E-state index contributed by atoms with van der Waals surface area (Å²) in [6, 6.07) is 0. The van der Waals surface area contributed by atoms with Crippen LogP contribution in [0.3, 0.4) is 0 Å². The van der Waals surface area contributed by atoms with E-state index in [0.717, 1.165) is 6.42 Å². The average molecular weight is 296 g/mol. The molecule has 1 unspecified atom stereocenters. The molecule has 0 saturated carbocycles. The van der Waals surface area contributed by atoms with Crippen molar-refractivity contribution in [3.63, 3.8) is 0 Å². The number of hydrogen-bond acceptors (Lipinski definition) is 6. The number of rotatable bonds is 13. The van der Waals surface area contributed by atoms with Crippen LogP contribution in [0.5, 0.6) is 0 Å². The van der Waals surface area contributed by atoms with E-state index in [4.69, 9.17) is 24.4 Å². The van der Waals surface area contributed by atoms with Gasteiger partial charge in [-0.1, -0.05) is 19.8 Å². The van der Waals surface area contributed by atoms with Crippen LogP contribution in [0.1, 0.15) is 26.2 Å². The molecule has 20 heavy (non-hydrogen) atoms. The molecule has 0 aliphatic heterocycles. The molecule has 0 aromatic carbocycles. The minimum atomic E-state index is 0.0278. The van der Waals surface area contributed by atoms with Crippen molar-refractivity contribution in [1.29, 1.82) is 0 Å². The zero-order chi connectivity index (χ0) is 15.5. The minimum absolute atomic E-state index is 0.0278. The monoisotopic (exact) mass is 296 g/mol. The number of aliphatic hydroxyl groups is 2. The van der Waals surface area contributed by atoms with Crippen molar-refractivity contribution in [2.45, 2.75) is 32.3 Å². The second kappa shape index (κ2) is 21.1. The molecule has 0 spiro atoms. The highest BCUT2D eigenvalue weighted by Gasteiger charge is 2.05. The summed E-state index contributed by atoms with van der Waals surface area (Å²) in [7, 11) is 3.41. The summed E-state index contributed by atoms with van der Waals surface area (Å²) >= 11 is 0. The van der Waals surface area contributed by atoms with Crippen LogP contribution in [0.25, 0.3) is 0 Å². The lowest BCUT2D eigenvalue weighted by atomic mass is 10.2. The molecule has 0 bridgehead atoms. The van der Waals surface area contributed by atoms with E-state index in [0.29, 0.717) is 33.0 Å². The molecule has 0 heterocycles. The summed E-state index contributed by atoms with van der Waals surface area (Å²) < 4.78 is 20.1. The van der Waals surface area contributed by atoms with Gasteiger partial charge in [0, 0.05) is 14.2 Å². The molecule has 0 aliphatic carbocycles. The quantitative estimate of drug-likeness (QED) is 0.491. The van der Waals surface area contributed by atoms with E-state index in [2.05, 4.69) is 11.7 Å². The van der Waals surface area contributed by atoms with E-state index in [-0.39, 0.29) is 19.3 Å². The van der Waals surface area contributed by atoms with Crippen molar-refractivity contribution in [3.8, 4) is 0 Å². The second-order valence-electron chi connectivity index (χ2n) is 4.13. The van der Waals surface area contributed by atoms with Crippen molar-refractivity contribution in [3.05, 3.63) is 0 Å². The molecule has 0 amide bonds. The maximum atomic E-state index is 8.09. The standard InChI is InChI=1S/C10H22O3.C4H10O3/c1-4-5-6-10(12-3)9-13-8-7-11-2;5-1-3-7-4-2-6/h10H,4-9H2,1-3H3;5-6H,1-4H2. The van der Waals surface area contributed by atoms with E-state index >= 15 is 0 Å². The van der Waals surface area contributed by atoms with Crippen LogP contribution in [-0.4, -0.2) is 76.8 Å². The molecular weight excluding hydrogens is 264 g/mol. The number of methoxy groups -OCH3 is 2. The summed E-state index contributed by atoms with van der Waals surface area (Å²) in [5, 5.41) is 16.2. The van der Waals surface area contributed by atoms with Gasteiger partial charge in [-0.3, -0.25) is 0 Å². The average Bonchev–Trinajstić information content (AvgIpc) is 2.48. The van der Waals surface area contributed by atoms with E-state index < -0.39 is 0 Å². The normalized spacial score (nSPS) is 11.8. The van der Waals surface area contributed by atoms with Gasteiger partial charge in [0.2, 0.25) is 0 Å². The summed E-state index contributed by atoms with van der Waals surface area (Å²) in [6.45, 7) is 4.87. The maximum Gasteiger partial charge on any atom is 0.0804 e. The van der Waals surface area contributed by atoms with Gasteiger partial charge < -0.3 is 29.2 Å². The summed E-state index contributed by atoms with van der Waals surface area (Å²) in [5.74, 6) is 0. The van der Waals surface area contributed by atoms with Gasteiger partial charge in [0.25, 0.3) is 0 Å². The zero-order valence-electron chi connectivity index (χ0n) is 13.2. The maximum absolute atomic E-state index is 8.09. The van der Waals surface area contributed by atoms with Gasteiger partial charge in [-0.05, 0) is 6.42 Å². The molecule has 0 aliphatic rings. The first-order chi connectivity index (χ1) is 9.76. The largest absolute Gasteiger partial charge is 0.394 e. The number of unbranched alkanes of at least 4 members (excludes halogenated alkanes) is 1. The predicted molar refractivity (Wildman–Crippen MR) is 78.0 cm³/mol. The topological polar surface area (TPSA) is 77.4 Å². The minimum Gasteiger partial charge on any atom is -0.394 e. The molecule has 0 rings (SSSR count). The molecule has 0 aromatic rings. The second-order valence-corrected chi connectivity index (χ2v) is 4.13. The molecule has 2 N–H and O–H groups in total. The van der Waals surface area contributed by atoms with Gasteiger partial charge in [-0.15, -0.1) is 0 Å².